The van der Waals surface area contributed by atoms with E-state index in [1.165, 1.54) is 31.2 Å². The molecule has 0 aliphatic carbocycles. The SMILES string of the molecule is Cc1cc(C(F)C(F)(F)C(F)(F)F)ccc1OS(=O)(=O)c1ccccc1. The first-order valence-electron chi connectivity index (χ1n) is 7.05. The third-order valence-corrected chi connectivity index (χ3v) is 4.67. The molecule has 142 valence electrons. The van der Waals surface area contributed by atoms with Crippen LogP contribution in [0.25, 0.3) is 0 Å². The van der Waals surface area contributed by atoms with Gasteiger partial charge in [0.1, 0.15) is 10.6 Å². The molecule has 0 bridgehead atoms. The molecule has 2 rings (SSSR count). The number of aryl methyl sites for hydroxylation is 1. The van der Waals surface area contributed by atoms with Crippen molar-refractivity contribution in [3.63, 3.8) is 0 Å². The van der Waals surface area contributed by atoms with E-state index >= 15 is 0 Å². The fraction of sp³-hybridized carbons (Fsp3) is 0.250. The van der Waals surface area contributed by atoms with Gasteiger partial charge in [0.2, 0.25) is 0 Å². The summed E-state index contributed by atoms with van der Waals surface area (Å²) in [6, 6.07) is 9.08. The van der Waals surface area contributed by atoms with Crippen molar-refractivity contribution in [2.75, 3.05) is 0 Å². The minimum Gasteiger partial charge on any atom is -0.379 e. The summed E-state index contributed by atoms with van der Waals surface area (Å²) in [6.07, 6.45) is -9.70. The molecule has 0 heterocycles. The van der Waals surface area contributed by atoms with Gasteiger partial charge in [0.15, 0.2) is 6.17 Å². The van der Waals surface area contributed by atoms with Crippen LogP contribution in [0.2, 0.25) is 0 Å². The molecule has 0 N–H and O–H groups in total. The van der Waals surface area contributed by atoms with Crippen molar-refractivity contribution >= 4 is 10.1 Å². The Hall–Kier alpha value is -2.23. The Morgan fingerprint density at radius 2 is 1.54 bits per heavy atom. The second-order valence-electron chi connectivity index (χ2n) is 5.36. The second-order valence-corrected chi connectivity index (χ2v) is 6.91. The van der Waals surface area contributed by atoms with Crippen LogP contribution >= 0.6 is 0 Å². The molecule has 10 heteroatoms. The first-order chi connectivity index (χ1) is 11.9. The maximum atomic E-state index is 13.7. The van der Waals surface area contributed by atoms with Gasteiger partial charge in [-0.2, -0.15) is 30.4 Å². The predicted octanol–water partition coefficient (Wildman–Crippen LogP) is 4.97. The van der Waals surface area contributed by atoms with Gasteiger partial charge < -0.3 is 4.18 Å². The Bertz CT molecular complexity index is 879. The highest BCUT2D eigenvalue weighted by Gasteiger charge is 2.63. The van der Waals surface area contributed by atoms with Crippen molar-refractivity contribution in [3.8, 4) is 5.75 Å². The van der Waals surface area contributed by atoms with Gasteiger partial charge in [0, 0.05) is 0 Å². The van der Waals surface area contributed by atoms with Crippen molar-refractivity contribution in [1.29, 1.82) is 0 Å². The largest absolute Gasteiger partial charge is 0.456 e. The van der Waals surface area contributed by atoms with Gasteiger partial charge in [0.25, 0.3) is 0 Å². The normalized spacial score (nSPS) is 14.1. The summed E-state index contributed by atoms with van der Waals surface area (Å²) in [5.74, 6) is -5.90. The van der Waals surface area contributed by atoms with E-state index in [9.17, 15) is 34.8 Å². The standard InChI is InChI=1S/C16H12F6O3S/c1-10-9-11(14(17)15(18,19)16(20,21)22)7-8-13(10)25-26(23,24)12-5-3-2-4-6-12/h2-9,14H,1H3. The van der Waals surface area contributed by atoms with Gasteiger partial charge in [0.05, 0.1) is 0 Å². The molecular weight excluding hydrogens is 386 g/mol. The molecule has 0 aliphatic heterocycles. The highest BCUT2D eigenvalue weighted by molar-refractivity contribution is 7.87. The van der Waals surface area contributed by atoms with Crippen LogP contribution in [-0.2, 0) is 10.1 Å². The average Bonchev–Trinajstić information content (AvgIpc) is 2.55. The lowest BCUT2D eigenvalue weighted by Gasteiger charge is -2.23. The third kappa shape index (κ3) is 3.95. The van der Waals surface area contributed by atoms with E-state index in [-0.39, 0.29) is 16.2 Å². The minimum absolute atomic E-state index is 0.123. The number of benzene rings is 2. The molecular formula is C16H12F6O3S. The van der Waals surface area contributed by atoms with Gasteiger partial charge in [-0.25, -0.2) is 4.39 Å². The Kier molecular flexibility index (Phi) is 5.27. The smallest absolute Gasteiger partial charge is 0.379 e. The van der Waals surface area contributed by atoms with Crippen LogP contribution in [0.3, 0.4) is 0 Å². The van der Waals surface area contributed by atoms with E-state index in [0.717, 1.165) is 6.07 Å². The van der Waals surface area contributed by atoms with Gasteiger partial charge >= 0.3 is 22.2 Å². The fourth-order valence-corrected chi connectivity index (χ4v) is 3.04. The van der Waals surface area contributed by atoms with E-state index in [4.69, 9.17) is 4.18 Å². The van der Waals surface area contributed by atoms with Gasteiger partial charge in [-0.15, -0.1) is 0 Å². The van der Waals surface area contributed by atoms with E-state index in [1.54, 1.807) is 6.07 Å². The summed E-state index contributed by atoms with van der Waals surface area (Å²) in [6.45, 7) is 1.19. The molecule has 26 heavy (non-hydrogen) atoms. The van der Waals surface area contributed by atoms with Gasteiger partial charge in [-0.05, 0) is 42.3 Å². The van der Waals surface area contributed by atoms with Gasteiger partial charge in [-0.3, -0.25) is 0 Å². The number of alkyl halides is 6. The highest BCUT2D eigenvalue weighted by Crippen LogP contribution is 2.47. The molecule has 1 unspecified atom stereocenters. The van der Waals surface area contributed by atoms with Crippen molar-refractivity contribution in [2.24, 2.45) is 0 Å². The van der Waals surface area contributed by atoms with Crippen LogP contribution < -0.4 is 4.18 Å². The minimum atomic E-state index is -6.06. The van der Waals surface area contributed by atoms with Crippen molar-refractivity contribution < 1.29 is 38.9 Å². The molecule has 2 aromatic rings. The molecule has 0 spiro atoms. The molecule has 0 aromatic heterocycles. The van der Waals surface area contributed by atoms with Crippen molar-refractivity contribution in [2.45, 2.75) is 30.1 Å². The Balaban J connectivity index is 2.31. The number of hydrogen-bond donors (Lipinski definition) is 0. The molecule has 2 aromatic carbocycles. The Labute approximate surface area is 145 Å². The zero-order chi connectivity index (χ0) is 19.8. The number of rotatable bonds is 5. The molecule has 0 saturated heterocycles. The average molecular weight is 398 g/mol. The lowest BCUT2D eigenvalue weighted by Crippen LogP contribution is -2.40. The van der Waals surface area contributed by atoms with E-state index in [1.807, 2.05) is 0 Å². The third-order valence-electron chi connectivity index (χ3n) is 3.42. The number of halogens is 6. The molecule has 3 nitrogen and oxygen atoms in total. The summed E-state index contributed by atoms with van der Waals surface area (Å²) in [5.41, 5.74) is -1.07. The van der Waals surface area contributed by atoms with Crippen LogP contribution in [0, 0.1) is 6.92 Å². The molecule has 1 atom stereocenters. The Morgan fingerprint density at radius 1 is 0.962 bits per heavy atom. The monoisotopic (exact) mass is 398 g/mol. The van der Waals surface area contributed by atoms with Gasteiger partial charge in [-0.1, -0.05) is 24.3 Å². The first kappa shape index (κ1) is 20.1. The van der Waals surface area contributed by atoms with Crippen LogP contribution in [-0.4, -0.2) is 20.5 Å². The van der Waals surface area contributed by atoms with Crippen molar-refractivity contribution in [3.05, 3.63) is 59.7 Å². The molecule has 0 amide bonds. The predicted molar refractivity (Wildman–Crippen MR) is 80.3 cm³/mol. The van der Waals surface area contributed by atoms with E-state index < -0.39 is 34.0 Å². The zero-order valence-electron chi connectivity index (χ0n) is 13.1. The van der Waals surface area contributed by atoms with Crippen LogP contribution in [0.4, 0.5) is 26.3 Å². The summed E-state index contributed by atoms with van der Waals surface area (Å²) < 4.78 is 106. The summed E-state index contributed by atoms with van der Waals surface area (Å²) in [7, 11) is -4.24. The molecule has 0 fully saturated rings. The van der Waals surface area contributed by atoms with E-state index in [0.29, 0.717) is 12.1 Å². The number of hydrogen-bond acceptors (Lipinski definition) is 3. The summed E-state index contributed by atoms with van der Waals surface area (Å²) in [5, 5.41) is 0. The topological polar surface area (TPSA) is 43.4 Å². The molecule has 0 aliphatic rings. The quantitative estimate of drug-likeness (QED) is 0.528. The van der Waals surface area contributed by atoms with E-state index in [2.05, 4.69) is 0 Å². The van der Waals surface area contributed by atoms with Crippen LogP contribution in [0.1, 0.15) is 17.3 Å². The zero-order valence-corrected chi connectivity index (χ0v) is 13.9. The maximum absolute atomic E-state index is 13.7. The maximum Gasteiger partial charge on any atom is 0.456 e. The molecule has 0 saturated carbocycles. The van der Waals surface area contributed by atoms with Crippen LogP contribution in [0.5, 0.6) is 5.75 Å². The summed E-state index contributed by atoms with van der Waals surface area (Å²) >= 11 is 0. The van der Waals surface area contributed by atoms with Crippen molar-refractivity contribution in [1.82, 2.24) is 0 Å². The lowest BCUT2D eigenvalue weighted by molar-refractivity contribution is -0.305. The fourth-order valence-electron chi connectivity index (χ4n) is 2.03. The highest BCUT2D eigenvalue weighted by atomic mass is 32.2. The second kappa shape index (κ2) is 6.82. The first-order valence-corrected chi connectivity index (χ1v) is 8.46. The Morgan fingerprint density at radius 3 is 2.04 bits per heavy atom. The molecule has 0 radical (unpaired) electrons. The summed E-state index contributed by atoms with van der Waals surface area (Å²) in [4.78, 5) is -0.185. The van der Waals surface area contributed by atoms with Crippen LogP contribution in [0.15, 0.2) is 53.4 Å². The lowest BCUT2D eigenvalue weighted by atomic mass is 10.0.